The quantitative estimate of drug-likeness (QED) is 0.0597. The van der Waals surface area contributed by atoms with Crippen LogP contribution in [0.25, 0.3) is 21.8 Å². The standard InChI is InChI=1S/C40H56N8O4Si.C27H37N7O/c1-31-13-14-36-34(27-41-48(36)30-50-25-26-53(2,3)4)37(31)47-18-15-33-35(28-47)42-39(51-24-23-44-16-9-6-10-17-44)43-38(33)45-19-21-46(22-20-45)40(49)52-29-32-11-7-5-8-12-32;1-20-8-9-23-22(18-28-31-23)25(20)34-15-10-21-24(19-34)29-27(30-26(21)33-13-6-3-7-14-33)35-17-16-32-11-4-2-5-12-32/h5,7-8,11-14,27H,6,9-10,15-26,28-30H2,1-4H3;8-9,18H,2-7,10-17,19H2,1H3,(H,28,31). The van der Waals surface area contributed by atoms with Gasteiger partial charge in [0.15, 0.2) is 0 Å². The molecule has 10 heterocycles. The number of carbonyl (C=O) groups is 1. The van der Waals surface area contributed by atoms with Crippen LogP contribution in [0.4, 0.5) is 27.8 Å². The van der Waals surface area contributed by atoms with Gasteiger partial charge in [0.2, 0.25) is 0 Å². The SMILES string of the molecule is Cc1ccc2[nH]ncc2c1N1CCc2c(nc(OCCN3CCCCC3)nc2N2CCCCC2)C1.Cc1ccc2c(cnn2COCC[Si](C)(C)C)c1N1CCc2c(nc(OCCN3CCCCC3)nc2N2CCN(C(=O)OCc3ccccc3)CC2)C1. The molecule has 0 unspecified atom stereocenters. The maximum absolute atomic E-state index is 13.0. The average molecular weight is 1220 g/mol. The number of aromatic amines is 1. The smallest absolute Gasteiger partial charge is 0.410 e. The molecule has 0 aliphatic carbocycles. The third kappa shape index (κ3) is 15.0. The molecule has 7 aromatic rings. The molecule has 470 valence electrons. The number of rotatable bonds is 19. The molecule has 6 aliphatic heterocycles. The minimum absolute atomic E-state index is 0.272. The number of H-pyrrole nitrogens is 1. The van der Waals surface area contributed by atoms with E-state index >= 15 is 0 Å². The summed E-state index contributed by atoms with van der Waals surface area (Å²) in [6.07, 6.45) is 16.9. The van der Waals surface area contributed by atoms with E-state index in [2.05, 4.69) is 97.4 Å². The van der Waals surface area contributed by atoms with Crippen LogP contribution in [-0.4, -0.2) is 180 Å². The number of hydrogen-bond acceptors (Lipinski definition) is 17. The van der Waals surface area contributed by atoms with Gasteiger partial charge in [0.25, 0.3) is 0 Å². The van der Waals surface area contributed by atoms with Crippen molar-refractivity contribution in [3.63, 3.8) is 0 Å². The summed E-state index contributed by atoms with van der Waals surface area (Å²) in [6, 6.07) is 20.6. The minimum atomic E-state index is -1.16. The molecule has 6 aliphatic rings. The molecule has 88 heavy (non-hydrogen) atoms. The van der Waals surface area contributed by atoms with Gasteiger partial charge in [-0.3, -0.25) is 14.9 Å². The molecular formula is C67H93N15O5Si. The first-order valence-electron chi connectivity index (χ1n) is 32.9. The first-order valence-corrected chi connectivity index (χ1v) is 36.6. The zero-order chi connectivity index (χ0) is 60.4. The van der Waals surface area contributed by atoms with Gasteiger partial charge < -0.3 is 43.4 Å². The van der Waals surface area contributed by atoms with Gasteiger partial charge in [-0.2, -0.15) is 30.1 Å². The van der Waals surface area contributed by atoms with Crippen LogP contribution in [-0.2, 0) is 48.7 Å². The van der Waals surface area contributed by atoms with Crippen LogP contribution < -0.4 is 29.1 Å². The second-order valence-corrected chi connectivity index (χ2v) is 31.8. The average Bonchev–Trinajstić information content (AvgIpc) is 1.47. The van der Waals surface area contributed by atoms with Crippen molar-refractivity contribution in [2.45, 2.75) is 137 Å². The highest BCUT2D eigenvalue weighted by Gasteiger charge is 2.32. The lowest BCUT2D eigenvalue weighted by Crippen LogP contribution is -2.49. The predicted molar refractivity (Wildman–Crippen MR) is 351 cm³/mol. The highest BCUT2D eigenvalue weighted by molar-refractivity contribution is 6.76. The normalized spacial score (nSPS) is 17.9. The van der Waals surface area contributed by atoms with Gasteiger partial charge in [0.1, 0.15) is 38.2 Å². The molecule has 4 saturated heterocycles. The zero-order valence-electron chi connectivity index (χ0n) is 53.0. The summed E-state index contributed by atoms with van der Waals surface area (Å²) in [4.78, 5) is 49.5. The number of carbonyl (C=O) groups excluding carboxylic acids is 1. The number of aryl methyl sites for hydroxylation is 2. The van der Waals surface area contributed by atoms with Crippen LogP contribution in [0.15, 0.2) is 67.0 Å². The summed E-state index contributed by atoms with van der Waals surface area (Å²) in [5.41, 5.74) is 12.7. The third-order valence-electron chi connectivity index (χ3n) is 18.6. The Balaban J connectivity index is 0.000000186. The van der Waals surface area contributed by atoms with E-state index in [9.17, 15) is 4.79 Å². The number of nitrogens with one attached hydrogen (secondary N) is 1. The molecule has 0 bridgehead atoms. The van der Waals surface area contributed by atoms with E-state index in [-0.39, 0.29) is 12.7 Å². The fourth-order valence-corrected chi connectivity index (χ4v) is 14.3. The second kappa shape index (κ2) is 28.6. The van der Waals surface area contributed by atoms with Crippen molar-refractivity contribution < 1.29 is 23.7 Å². The Morgan fingerprint density at radius 3 is 1.72 bits per heavy atom. The molecule has 21 heteroatoms. The summed E-state index contributed by atoms with van der Waals surface area (Å²) >= 11 is 0. The van der Waals surface area contributed by atoms with Gasteiger partial charge in [-0.25, -0.2) is 9.48 Å². The monoisotopic (exact) mass is 1220 g/mol. The molecule has 20 nitrogen and oxygen atoms in total. The summed E-state index contributed by atoms with van der Waals surface area (Å²) in [5.74, 6) is 2.04. The molecule has 4 aromatic heterocycles. The van der Waals surface area contributed by atoms with Crippen LogP contribution in [0.3, 0.4) is 0 Å². The van der Waals surface area contributed by atoms with Crippen molar-refractivity contribution in [3.8, 4) is 12.0 Å². The van der Waals surface area contributed by atoms with Gasteiger partial charge >= 0.3 is 18.1 Å². The van der Waals surface area contributed by atoms with E-state index in [1.807, 2.05) is 47.4 Å². The molecule has 0 saturated carbocycles. The number of benzene rings is 3. The molecule has 3 aromatic carbocycles. The number of amides is 1. The van der Waals surface area contributed by atoms with Gasteiger partial charge in [-0.1, -0.05) is 74.9 Å². The Bertz CT molecular complexity index is 3440. The van der Waals surface area contributed by atoms with Gasteiger partial charge in [0.05, 0.1) is 59.3 Å². The van der Waals surface area contributed by atoms with Crippen molar-refractivity contribution in [1.82, 2.24) is 54.6 Å². The first kappa shape index (κ1) is 61.2. The molecule has 13 rings (SSSR count). The molecule has 0 spiro atoms. The summed E-state index contributed by atoms with van der Waals surface area (Å²) in [6.45, 7) is 28.4. The number of anilines is 4. The van der Waals surface area contributed by atoms with Crippen molar-refractivity contribution in [1.29, 1.82) is 0 Å². The molecule has 1 amide bonds. The zero-order valence-corrected chi connectivity index (χ0v) is 54.0. The van der Waals surface area contributed by atoms with Crippen LogP contribution in [0.5, 0.6) is 12.0 Å². The van der Waals surface area contributed by atoms with Crippen molar-refractivity contribution in [2.75, 3.05) is 131 Å². The highest BCUT2D eigenvalue weighted by atomic mass is 28.3. The lowest BCUT2D eigenvalue weighted by molar-refractivity contribution is 0.0817. The minimum Gasteiger partial charge on any atom is -0.462 e. The van der Waals surface area contributed by atoms with E-state index in [0.29, 0.717) is 64.7 Å². The topological polar surface area (TPSA) is 175 Å². The number of hydrogen-bond donors (Lipinski definition) is 1. The van der Waals surface area contributed by atoms with E-state index < -0.39 is 8.07 Å². The fourth-order valence-electron chi connectivity index (χ4n) is 13.6. The number of ether oxygens (including phenoxy) is 4. The number of piperidine rings is 3. The maximum Gasteiger partial charge on any atom is 0.410 e. The lowest BCUT2D eigenvalue weighted by Gasteiger charge is -2.38. The largest absolute Gasteiger partial charge is 0.462 e. The van der Waals surface area contributed by atoms with E-state index in [1.54, 1.807) is 4.90 Å². The van der Waals surface area contributed by atoms with Crippen molar-refractivity contribution in [2.24, 2.45) is 0 Å². The summed E-state index contributed by atoms with van der Waals surface area (Å²) in [5, 5.41) is 14.5. The number of likely N-dealkylation sites (tertiary alicyclic amines) is 2. The Hall–Kier alpha value is -7.07. The van der Waals surface area contributed by atoms with Gasteiger partial charge in [-0.15, -0.1) is 0 Å². The predicted octanol–water partition coefficient (Wildman–Crippen LogP) is 10.4. The molecular weight excluding hydrogens is 1120 g/mol. The Kier molecular flexibility index (Phi) is 19.9. The van der Waals surface area contributed by atoms with Crippen molar-refractivity contribution >= 4 is 59.0 Å². The van der Waals surface area contributed by atoms with E-state index in [4.69, 9.17) is 44.0 Å². The molecule has 0 radical (unpaired) electrons. The molecule has 4 fully saturated rings. The molecule has 0 atom stereocenters. The van der Waals surface area contributed by atoms with Crippen LogP contribution in [0, 0.1) is 13.8 Å². The van der Waals surface area contributed by atoms with Crippen LogP contribution in [0.2, 0.25) is 25.7 Å². The maximum atomic E-state index is 13.0. The summed E-state index contributed by atoms with van der Waals surface area (Å²) in [7, 11) is -1.16. The number of fused-ring (bicyclic) bond motifs is 4. The Morgan fingerprint density at radius 1 is 0.568 bits per heavy atom. The fraction of sp³-hybridized carbons (Fsp3) is 0.567. The Morgan fingerprint density at radius 2 is 1.12 bits per heavy atom. The van der Waals surface area contributed by atoms with E-state index in [0.717, 1.165) is 129 Å². The number of aromatic nitrogens is 8. The van der Waals surface area contributed by atoms with Crippen molar-refractivity contribution in [3.05, 3.63) is 106 Å². The van der Waals surface area contributed by atoms with Gasteiger partial charge in [-0.05, 0) is 133 Å². The summed E-state index contributed by atoms with van der Waals surface area (Å²) < 4.78 is 26.2. The second-order valence-electron chi connectivity index (χ2n) is 26.1. The van der Waals surface area contributed by atoms with Gasteiger partial charge in [0, 0.05) is 102 Å². The first-order chi connectivity index (χ1) is 43.0. The lowest BCUT2D eigenvalue weighted by atomic mass is 10.0. The van der Waals surface area contributed by atoms with Crippen LogP contribution in [0.1, 0.15) is 97.0 Å². The van der Waals surface area contributed by atoms with E-state index in [1.165, 1.54) is 110 Å². The van der Waals surface area contributed by atoms with Crippen LogP contribution >= 0.6 is 0 Å². The number of piperazine rings is 1. The highest BCUT2D eigenvalue weighted by Crippen LogP contribution is 2.39. The Labute approximate surface area is 520 Å². The number of nitrogens with zero attached hydrogens (tertiary/aromatic N) is 14. The third-order valence-corrected chi connectivity index (χ3v) is 20.3. The molecule has 1 N–H and O–H groups in total.